The highest BCUT2D eigenvalue weighted by Gasteiger charge is 2.39. The molecule has 176 valence electrons. The number of halogens is 1. The van der Waals surface area contributed by atoms with Gasteiger partial charge in [-0.1, -0.05) is 15.9 Å². The van der Waals surface area contributed by atoms with Gasteiger partial charge in [-0.25, -0.2) is 0 Å². The maximum absolute atomic E-state index is 5.69. The molecular formula is C18H41BrO8Si2. The fourth-order valence-electron chi connectivity index (χ4n) is 2.61. The number of hydrogen-bond donors (Lipinski definition) is 0. The lowest BCUT2D eigenvalue weighted by Crippen LogP contribution is -2.45. The summed E-state index contributed by atoms with van der Waals surface area (Å²) in [5.74, 6) is 0. The molecule has 1 heterocycles. The second-order valence-electron chi connectivity index (χ2n) is 6.20. The van der Waals surface area contributed by atoms with Crippen molar-refractivity contribution in [2.24, 2.45) is 0 Å². The Labute approximate surface area is 187 Å². The van der Waals surface area contributed by atoms with Gasteiger partial charge in [0, 0.05) is 65.2 Å². The summed E-state index contributed by atoms with van der Waals surface area (Å²) in [4.78, 5) is 0. The van der Waals surface area contributed by atoms with Gasteiger partial charge in [-0.2, -0.15) is 0 Å². The highest BCUT2D eigenvalue weighted by Crippen LogP contribution is 2.18. The van der Waals surface area contributed by atoms with Crippen molar-refractivity contribution < 1.29 is 36.0 Å². The highest BCUT2D eigenvalue weighted by atomic mass is 79.9. The van der Waals surface area contributed by atoms with Crippen LogP contribution in [0.25, 0.3) is 0 Å². The summed E-state index contributed by atoms with van der Waals surface area (Å²) in [7, 11) is 0.133. The molecule has 0 bridgehead atoms. The van der Waals surface area contributed by atoms with E-state index in [4.69, 9.17) is 36.0 Å². The van der Waals surface area contributed by atoms with Gasteiger partial charge in [0.15, 0.2) is 0 Å². The van der Waals surface area contributed by atoms with E-state index in [1.807, 2.05) is 20.8 Å². The smallest absolute Gasteiger partial charge is 0.379 e. The van der Waals surface area contributed by atoms with Crippen LogP contribution in [0.3, 0.4) is 0 Å². The van der Waals surface area contributed by atoms with Crippen molar-refractivity contribution in [3.63, 3.8) is 0 Å². The average molecular weight is 522 g/mol. The van der Waals surface area contributed by atoms with Crippen LogP contribution in [-0.4, -0.2) is 90.0 Å². The van der Waals surface area contributed by atoms with Crippen LogP contribution in [0.4, 0.5) is 0 Å². The van der Waals surface area contributed by atoms with Crippen LogP contribution < -0.4 is 0 Å². The van der Waals surface area contributed by atoms with Crippen LogP contribution in [0.15, 0.2) is 0 Å². The van der Waals surface area contributed by atoms with E-state index in [0.717, 1.165) is 36.9 Å². The van der Waals surface area contributed by atoms with Crippen molar-refractivity contribution in [2.75, 3.05) is 66.3 Å². The summed E-state index contributed by atoms with van der Waals surface area (Å²) in [6.07, 6.45) is 2.25. The van der Waals surface area contributed by atoms with Gasteiger partial charge < -0.3 is 36.0 Å². The monoisotopic (exact) mass is 520 g/mol. The fraction of sp³-hybridized carbons (Fsp3) is 1.00. The summed E-state index contributed by atoms with van der Waals surface area (Å²) in [6.45, 7) is 10.2. The van der Waals surface area contributed by atoms with Gasteiger partial charge in [-0.3, -0.25) is 0 Å². The van der Waals surface area contributed by atoms with Gasteiger partial charge in [-0.15, -0.1) is 0 Å². The molecule has 8 nitrogen and oxygen atoms in total. The van der Waals surface area contributed by atoms with E-state index in [2.05, 4.69) is 15.9 Å². The van der Waals surface area contributed by atoms with Crippen LogP contribution in [0.1, 0.15) is 33.6 Å². The molecule has 0 aromatic carbocycles. The molecule has 0 saturated carbocycles. The molecule has 29 heavy (non-hydrogen) atoms. The van der Waals surface area contributed by atoms with E-state index in [-0.39, 0.29) is 0 Å². The van der Waals surface area contributed by atoms with Crippen LogP contribution in [0, 0.1) is 0 Å². The summed E-state index contributed by atoms with van der Waals surface area (Å²) < 4.78 is 43.4. The van der Waals surface area contributed by atoms with Crippen molar-refractivity contribution in [1.29, 1.82) is 0 Å². The van der Waals surface area contributed by atoms with Gasteiger partial charge in [0.05, 0.1) is 13.2 Å². The van der Waals surface area contributed by atoms with Gasteiger partial charge in [0.1, 0.15) is 6.10 Å². The summed E-state index contributed by atoms with van der Waals surface area (Å²) in [5.41, 5.74) is 0. The molecular weight excluding hydrogens is 480 g/mol. The molecule has 1 rings (SSSR count). The minimum Gasteiger partial charge on any atom is -0.379 e. The van der Waals surface area contributed by atoms with Crippen LogP contribution >= 0.6 is 15.9 Å². The molecule has 0 spiro atoms. The Morgan fingerprint density at radius 2 is 1.31 bits per heavy atom. The summed E-state index contributed by atoms with van der Waals surface area (Å²) >= 11 is 3.41. The lowest BCUT2D eigenvalue weighted by atomic mass is 10.5. The standard InChI is InChI=1S/C9H21BrO3Si.C9H20O5Si/c1-4-11-14(12-5-2,13-6-3)9-7-8-10;1-10-15(11-2,12-3)6-4-5-13-7-9-8-14-9/h4-9H2,1-3H3;9H,4-8H2,1-3H3. The lowest BCUT2D eigenvalue weighted by Gasteiger charge is -2.28. The number of alkyl halides is 1. The molecule has 0 aromatic rings. The van der Waals surface area contributed by atoms with Crippen molar-refractivity contribution in [1.82, 2.24) is 0 Å². The van der Waals surface area contributed by atoms with Crippen molar-refractivity contribution in [3.8, 4) is 0 Å². The molecule has 1 atom stereocenters. The Morgan fingerprint density at radius 1 is 0.828 bits per heavy atom. The minimum atomic E-state index is -2.39. The average Bonchev–Trinajstić information content (AvgIpc) is 3.55. The SMILES string of the molecule is CCO[Si](CCCBr)(OCC)OCC.CO[Si](CCCOCC1CO1)(OC)OC. The van der Waals surface area contributed by atoms with Crippen molar-refractivity contribution in [3.05, 3.63) is 0 Å². The normalized spacial score (nSPS) is 16.4. The van der Waals surface area contributed by atoms with E-state index in [1.54, 1.807) is 21.3 Å². The molecule has 0 amide bonds. The third kappa shape index (κ3) is 13.6. The Hall–Kier alpha value is 0.594. The zero-order valence-corrected chi connectivity index (χ0v) is 22.6. The molecule has 0 radical (unpaired) electrons. The minimum absolute atomic E-state index is 0.333. The highest BCUT2D eigenvalue weighted by molar-refractivity contribution is 9.09. The number of epoxide rings is 1. The summed E-state index contributed by atoms with van der Waals surface area (Å²) in [5, 5.41) is 0.967. The van der Waals surface area contributed by atoms with Gasteiger partial charge in [-0.05, 0) is 33.6 Å². The van der Waals surface area contributed by atoms with E-state index in [0.29, 0.717) is 39.1 Å². The number of ether oxygens (including phenoxy) is 2. The van der Waals surface area contributed by atoms with E-state index >= 15 is 0 Å². The van der Waals surface area contributed by atoms with E-state index < -0.39 is 17.6 Å². The molecule has 1 unspecified atom stereocenters. The topological polar surface area (TPSA) is 77.1 Å². The quantitative estimate of drug-likeness (QED) is 0.117. The van der Waals surface area contributed by atoms with Crippen molar-refractivity contribution in [2.45, 2.75) is 51.8 Å². The Balaban J connectivity index is 0.000000543. The molecule has 0 N–H and O–H groups in total. The first kappa shape index (κ1) is 29.6. The summed E-state index contributed by atoms with van der Waals surface area (Å²) in [6, 6.07) is 1.68. The molecule has 0 aromatic heterocycles. The molecule has 1 fully saturated rings. The molecule has 0 aliphatic carbocycles. The third-order valence-electron chi connectivity index (χ3n) is 4.12. The molecule has 1 saturated heterocycles. The van der Waals surface area contributed by atoms with E-state index in [9.17, 15) is 0 Å². The van der Waals surface area contributed by atoms with Gasteiger partial charge >= 0.3 is 17.6 Å². The van der Waals surface area contributed by atoms with Gasteiger partial charge in [0.2, 0.25) is 0 Å². The van der Waals surface area contributed by atoms with E-state index in [1.165, 1.54) is 0 Å². The predicted octanol–water partition coefficient (Wildman–Crippen LogP) is 3.49. The Bertz CT molecular complexity index is 348. The second kappa shape index (κ2) is 18.2. The predicted molar refractivity (Wildman–Crippen MR) is 121 cm³/mol. The first-order valence-electron chi connectivity index (χ1n) is 10.3. The number of hydrogen-bond acceptors (Lipinski definition) is 8. The zero-order valence-electron chi connectivity index (χ0n) is 19.0. The van der Waals surface area contributed by atoms with Crippen LogP contribution in [-0.2, 0) is 36.0 Å². The largest absolute Gasteiger partial charge is 0.500 e. The second-order valence-corrected chi connectivity index (χ2v) is 12.8. The maximum atomic E-state index is 5.69. The lowest BCUT2D eigenvalue weighted by molar-refractivity contribution is 0.0712. The Morgan fingerprint density at radius 3 is 1.69 bits per heavy atom. The molecule has 11 heteroatoms. The maximum Gasteiger partial charge on any atom is 0.500 e. The van der Waals surface area contributed by atoms with Crippen LogP contribution in [0.2, 0.25) is 12.1 Å². The third-order valence-corrected chi connectivity index (χ3v) is 10.7. The molecule has 1 aliphatic rings. The van der Waals surface area contributed by atoms with Crippen LogP contribution in [0.5, 0.6) is 0 Å². The van der Waals surface area contributed by atoms with Gasteiger partial charge in [0.25, 0.3) is 0 Å². The van der Waals surface area contributed by atoms with Crippen molar-refractivity contribution >= 4 is 33.5 Å². The Kier molecular flexibility index (Phi) is 18.6. The first-order valence-corrected chi connectivity index (χ1v) is 15.3. The molecule has 1 aliphatic heterocycles. The fourth-order valence-corrected chi connectivity index (χ4v) is 7.71. The first-order chi connectivity index (χ1) is 14.0. The zero-order chi connectivity index (χ0) is 22.0. The number of rotatable bonds is 18.